The van der Waals surface area contributed by atoms with Gasteiger partial charge in [0.15, 0.2) is 0 Å². The van der Waals surface area contributed by atoms with Gasteiger partial charge in [0, 0.05) is 11.6 Å². The van der Waals surface area contributed by atoms with Crippen molar-refractivity contribution in [2.45, 2.75) is 17.4 Å². The first kappa shape index (κ1) is 18.7. The van der Waals surface area contributed by atoms with Gasteiger partial charge in [-0.2, -0.15) is 0 Å². The Morgan fingerprint density at radius 2 is 1.96 bits per heavy atom. The first-order valence-electron chi connectivity index (χ1n) is 7.11. The summed E-state index contributed by atoms with van der Waals surface area (Å²) in [6, 6.07) is 10.3. The van der Waals surface area contributed by atoms with Crippen LogP contribution in [0.1, 0.15) is 12.5 Å². The molecule has 0 aliphatic heterocycles. The third-order valence-corrected chi connectivity index (χ3v) is 5.24. The summed E-state index contributed by atoms with van der Waals surface area (Å²) in [6.45, 7) is 1.59. The fraction of sp³-hybridized carbons (Fsp3) is 0.250. The summed E-state index contributed by atoms with van der Waals surface area (Å²) in [5, 5.41) is 13.8. The second kappa shape index (κ2) is 7.06. The van der Waals surface area contributed by atoms with Gasteiger partial charge < -0.3 is 10.4 Å². The van der Waals surface area contributed by atoms with Crippen LogP contribution in [-0.2, 0) is 15.6 Å². The van der Waals surface area contributed by atoms with Crippen molar-refractivity contribution in [3.8, 4) is 0 Å². The Hall–Kier alpha value is -1.67. The molecule has 0 saturated heterocycles. The van der Waals surface area contributed by atoms with E-state index >= 15 is 0 Å². The summed E-state index contributed by atoms with van der Waals surface area (Å²) in [5.41, 5.74) is -0.614. The van der Waals surface area contributed by atoms with E-state index in [4.69, 9.17) is 11.6 Å². The van der Waals surface area contributed by atoms with Crippen LogP contribution in [0.4, 0.5) is 10.1 Å². The topological polar surface area (TPSA) is 78.4 Å². The average molecular weight is 373 g/mol. The van der Waals surface area contributed by atoms with E-state index in [0.717, 1.165) is 6.07 Å². The number of hydrogen-bond acceptors (Lipinski definition) is 4. The summed E-state index contributed by atoms with van der Waals surface area (Å²) in [6.07, 6.45) is 0. The van der Waals surface area contributed by atoms with Gasteiger partial charge in [-0.25, -0.2) is 17.5 Å². The number of rotatable bonds is 6. The lowest BCUT2D eigenvalue weighted by Crippen LogP contribution is -2.31. The molecule has 0 amide bonds. The van der Waals surface area contributed by atoms with Crippen LogP contribution >= 0.6 is 11.6 Å². The molecule has 0 spiro atoms. The van der Waals surface area contributed by atoms with Crippen molar-refractivity contribution >= 4 is 27.3 Å². The quantitative estimate of drug-likeness (QED) is 0.728. The summed E-state index contributed by atoms with van der Waals surface area (Å²) in [4.78, 5) is -0.172. The normalized spacial score (nSPS) is 14.2. The maximum Gasteiger partial charge on any atom is 0.240 e. The summed E-state index contributed by atoms with van der Waals surface area (Å²) >= 11 is 5.91. The fourth-order valence-corrected chi connectivity index (χ4v) is 3.05. The Morgan fingerprint density at radius 1 is 1.25 bits per heavy atom. The number of sulfonamides is 1. The van der Waals surface area contributed by atoms with Crippen LogP contribution in [0.3, 0.4) is 0 Å². The third-order valence-electron chi connectivity index (χ3n) is 3.59. The predicted molar refractivity (Wildman–Crippen MR) is 92.2 cm³/mol. The molecule has 1 unspecified atom stereocenters. The van der Waals surface area contributed by atoms with E-state index in [0.29, 0.717) is 10.6 Å². The van der Waals surface area contributed by atoms with Gasteiger partial charge in [-0.3, -0.25) is 0 Å². The maximum absolute atomic E-state index is 14.1. The molecule has 130 valence electrons. The minimum Gasteiger partial charge on any atom is -0.384 e. The molecule has 0 aromatic heterocycles. The van der Waals surface area contributed by atoms with Crippen molar-refractivity contribution in [3.63, 3.8) is 0 Å². The second-order valence-corrected chi connectivity index (χ2v) is 7.81. The molecule has 5 nitrogen and oxygen atoms in total. The van der Waals surface area contributed by atoms with Crippen molar-refractivity contribution in [2.24, 2.45) is 0 Å². The maximum atomic E-state index is 14.1. The smallest absolute Gasteiger partial charge is 0.240 e. The number of halogens is 2. The van der Waals surface area contributed by atoms with Gasteiger partial charge in [0.05, 0.1) is 10.6 Å². The van der Waals surface area contributed by atoms with Gasteiger partial charge in [-0.1, -0.05) is 23.7 Å². The van der Waals surface area contributed by atoms with Crippen LogP contribution in [-0.4, -0.2) is 27.1 Å². The van der Waals surface area contributed by atoms with Crippen LogP contribution in [0.2, 0.25) is 5.02 Å². The molecule has 2 aromatic rings. The van der Waals surface area contributed by atoms with Crippen molar-refractivity contribution in [1.82, 2.24) is 4.72 Å². The van der Waals surface area contributed by atoms with Crippen molar-refractivity contribution in [1.29, 1.82) is 0 Å². The van der Waals surface area contributed by atoms with Gasteiger partial charge in [-0.05, 0) is 49.9 Å². The molecule has 0 radical (unpaired) electrons. The Balaban J connectivity index is 2.17. The Kier molecular flexibility index (Phi) is 5.49. The summed E-state index contributed by atoms with van der Waals surface area (Å²) in [5.74, 6) is -0.729. The minimum absolute atomic E-state index is 0.0163. The van der Waals surface area contributed by atoms with E-state index in [1.165, 1.54) is 19.2 Å². The monoisotopic (exact) mass is 372 g/mol. The molecule has 0 fully saturated rings. The Morgan fingerprint density at radius 3 is 2.54 bits per heavy atom. The largest absolute Gasteiger partial charge is 0.384 e. The first-order valence-corrected chi connectivity index (χ1v) is 8.97. The zero-order valence-corrected chi connectivity index (χ0v) is 14.7. The van der Waals surface area contributed by atoms with Gasteiger partial charge in [0.2, 0.25) is 10.0 Å². The molecule has 0 aliphatic rings. The van der Waals surface area contributed by atoms with Gasteiger partial charge in [0.1, 0.15) is 11.4 Å². The molecule has 24 heavy (non-hydrogen) atoms. The standard InChI is InChI=1S/C16H18ClFN2O3S/c1-16(21,11-4-3-5-12(17)8-11)10-20-15-7-6-13(9-14(15)18)24(22,23)19-2/h3-9,19-21H,10H2,1-2H3. The van der Waals surface area contributed by atoms with Gasteiger partial charge in [0.25, 0.3) is 0 Å². The highest BCUT2D eigenvalue weighted by molar-refractivity contribution is 7.89. The highest BCUT2D eigenvalue weighted by Gasteiger charge is 2.24. The predicted octanol–water partition coefficient (Wildman–Crippen LogP) is 2.71. The number of nitrogens with one attached hydrogen (secondary N) is 2. The number of aliphatic hydroxyl groups is 1. The number of anilines is 1. The Bertz CT molecular complexity index is 841. The van der Waals surface area contributed by atoms with Crippen LogP contribution in [0.5, 0.6) is 0 Å². The fourth-order valence-electron chi connectivity index (χ4n) is 2.12. The van der Waals surface area contributed by atoms with E-state index < -0.39 is 21.4 Å². The van der Waals surface area contributed by atoms with E-state index in [1.54, 1.807) is 31.2 Å². The molecule has 0 heterocycles. The van der Waals surface area contributed by atoms with E-state index in [-0.39, 0.29) is 17.1 Å². The zero-order valence-electron chi connectivity index (χ0n) is 13.2. The molecule has 0 bridgehead atoms. The molecule has 8 heteroatoms. The lowest BCUT2D eigenvalue weighted by molar-refractivity contribution is 0.0715. The highest BCUT2D eigenvalue weighted by atomic mass is 35.5. The summed E-state index contributed by atoms with van der Waals surface area (Å²) in [7, 11) is -2.46. The molecular formula is C16H18ClFN2O3S. The van der Waals surface area contributed by atoms with Gasteiger partial charge >= 0.3 is 0 Å². The summed E-state index contributed by atoms with van der Waals surface area (Å²) < 4.78 is 39.5. The minimum atomic E-state index is -3.71. The molecule has 2 rings (SSSR count). The van der Waals surface area contributed by atoms with Crippen LogP contribution < -0.4 is 10.0 Å². The number of benzene rings is 2. The lowest BCUT2D eigenvalue weighted by Gasteiger charge is -2.25. The molecule has 2 aromatic carbocycles. The van der Waals surface area contributed by atoms with Gasteiger partial charge in [-0.15, -0.1) is 0 Å². The third kappa shape index (κ3) is 4.24. The molecule has 0 aliphatic carbocycles. The molecular weight excluding hydrogens is 355 g/mol. The van der Waals surface area contributed by atoms with Crippen LogP contribution in [0.15, 0.2) is 47.4 Å². The van der Waals surface area contributed by atoms with E-state index in [9.17, 15) is 17.9 Å². The SMILES string of the molecule is CNS(=O)(=O)c1ccc(NCC(C)(O)c2cccc(Cl)c2)c(F)c1. The molecule has 3 N–H and O–H groups in total. The van der Waals surface area contributed by atoms with Crippen molar-refractivity contribution in [2.75, 3.05) is 18.9 Å². The van der Waals surface area contributed by atoms with Crippen molar-refractivity contribution in [3.05, 3.63) is 58.9 Å². The van der Waals surface area contributed by atoms with Crippen molar-refractivity contribution < 1.29 is 17.9 Å². The van der Waals surface area contributed by atoms with E-state index in [1.807, 2.05) is 0 Å². The zero-order chi connectivity index (χ0) is 18.0. The molecule has 0 saturated carbocycles. The Labute approximate surface area is 145 Å². The number of hydrogen-bond donors (Lipinski definition) is 3. The average Bonchev–Trinajstić information content (AvgIpc) is 2.53. The van der Waals surface area contributed by atoms with Crippen LogP contribution in [0.25, 0.3) is 0 Å². The van der Waals surface area contributed by atoms with Crippen LogP contribution in [0, 0.1) is 5.82 Å². The second-order valence-electron chi connectivity index (χ2n) is 5.49. The lowest BCUT2D eigenvalue weighted by atomic mass is 9.96. The van der Waals surface area contributed by atoms with E-state index in [2.05, 4.69) is 10.0 Å². The first-order chi connectivity index (χ1) is 11.2. The highest BCUT2D eigenvalue weighted by Crippen LogP contribution is 2.25. The molecule has 1 atom stereocenters.